The fraction of sp³-hybridized carbons (Fsp3) is 0.471. The number of alkyl halides is 3. The largest absolute Gasteiger partial charge is 0.416 e. The average Bonchev–Trinajstić information content (AvgIpc) is 3.12. The van der Waals surface area contributed by atoms with Gasteiger partial charge in [0.1, 0.15) is 0 Å². The lowest BCUT2D eigenvalue weighted by molar-refractivity contribution is -0.137. The smallest absolute Gasteiger partial charge is 0.348 e. The number of nitrogens with two attached hydrogens (primary N) is 1. The van der Waals surface area contributed by atoms with E-state index in [9.17, 15) is 18.0 Å². The Morgan fingerprint density at radius 3 is 2.81 bits per heavy atom. The second kappa shape index (κ2) is 7.45. The zero-order chi connectivity index (χ0) is 18.7. The van der Waals surface area contributed by atoms with Crippen LogP contribution in [0.5, 0.6) is 0 Å². The van der Waals surface area contributed by atoms with E-state index in [4.69, 9.17) is 5.73 Å². The van der Waals surface area contributed by atoms with Crippen molar-refractivity contribution < 1.29 is 18.0 Å². The lowest BCUT2D eigenvalue weighted by Crippen LogP contribution is -2.44. The molecule has 0 spiro atoms. The minimum Gasteiger partial charge on any atom is -0.348 e. The molecule has 0 radical (unpaired) electrons. The second-order valence-electron chi connectivity index (χ2n) is 6.46. The quantitative estimate of drug-likeness (QED) is 0.870. The first-order chi connectivity index (χ1) is 12.4. The summed E-state index contributed by atoms with van der Waals surface area (Å²) in [4.78, 5) is 12.4. The highest BCUT2D eigenvalue weighted by atomic mass is 19.4. The van der Waals surface area contributed by atoms with Crippen LogP contribution in [-0.4, -0.2) is 33.5 Å². The molecule has 1 saturated carbocycles. The molecular formula is C17H20F3N5O. The molecule has 9 heteroatoms. The van der Waals surface area contributed by atoms with Crippen molar-refractivity contribution >= 4 is 5.91 Å². The van der Waals surface area contributed by atoms with Gasteiger partial charge in [-0.25, -0.2) is 4.68 Å². The van der Waals surface area contributed by atoms with Gasteiger partial charge in [-0.3, -0.25) is 4.79 Å². The molecule has 140 valence electrons. The summed E-state index contributed by atoms with van der Waals surface area (Å²) in [5.74, 6) is -0.167. The molecular weight excluding hydrogens is 347 g/mol. The van der Waals surface area contributed by atoms with Gasteiger partial charge in [0.2, 0.25) is 0 Å². The zero-order valence-electron chi connectivity index (χ0n) is 14.0. The van der Waals surface area contributed by atoms with Crippen LogP contribution in [0, 0.1) is 5.92 Å². The van der Waals surface area contributed by atoms with Gasteiger partial charge in [-0.15, -0.1) is 5.10 Å². The summed E-state index contributed by atoms with van der Waals surface area (Å²) in [6.07, 6.45) is 0.826. The summed E-state index contributed by atoms with van der Waals surface area (Å²) in [6.45, 7) is 0.502. The van der Waals surface area contributed by atoms with Gasteiger partial charge < -0.3 is 11.1 Å². The number of hydrogen-bond donors (Lipinski definition) is 2. The van der Waals surface area contributed by atoms with Gasteiger partial charge in [0.05, 0.1) is 17.4 Å². The van der Waals surface area contributed by atoms with E-state index in [1.165, 1.54) is 18.3 Å². The van der Waals surface area contributed by atoms with Gasteiger partial charge >= 0.3 is 6.18 Å². The zero-order valence-corrected chi connectivity index (χ0v) is 14.0. The van der Waals surface area contributed by atoms with Crippen molar-refractivity contribution in [1.82, 2.24) is 20.3 Å². The summed E-state index contributed by atoms with van der Waals surface area (Å²) >= 11 is 0. The molecule has 0 bridgehead atoms. The van der Waals surface area contributed by atoms with Crippen LogP contribution in [0.25, 0.3) is 5.69 Å². The van der Waals surface area contributed by atoms with E-state index in [-0.39, 0.29) is 23.3 Å². The van der Waals surface area contributed by atoms with E-state index >= 15 is 0 Å². The molecule has 0 aliphatic heterocycles. The molecule has 6 nitrogen and oxygen atoms in total. The van der Waals surface area contributed by atoms with E-state index in [1.54, 1.807) is 0 Å². The molecule has 1 heterocycles. The highest BCUT2D eigenvalue weighted by Crippen LogP contribution is 2.30. The van der Waals surface area contributed by atoms with E-state index in [0.29, 0.717) is 6.54 Å². The molecule has 1 fully saturated rings. The number of rotatable bonds is 4. The van der Waals surface area contributed by atoms with Gasteiger partial charge in [0.15, 0.2) is 5.69 Å². The Hall–Kier alpha value is -2.42. The van der Waals surface area contributed by atoms with Crippen LogP contribution in [0.1, 0.15) is 41.7 Å². The lowest BCUT2D eigenvalue weighted by atomic mass is 9.84. The van der Waals surface area contributed by atoms with Crippen LogP contribution >= 0.6 is 0 Å². The highest BCUT2D eigenvalue weighted by Gasteiger charge is 2.31. The summed E-state index contributed by atoms with van der Waals surface area (Å²) in [6, 6.07) is 4.68. The maximum Gasteiger partial charge on any atom is 0.416 e. The maximum absolute atomic E-state index is 12.8. The molecule has 3 N–H and O–H groups in total. The number of hydrogen-bond acceptors (Lipinski definition) is 4. The molecule has 1 aromatic carbocycles. The van der Waals surface area contributed by atoms with Crippen LogP contribution in [0.4, 0.5) is 13.2 Å². The topological polar surface area (TPSA) is 85.8 Å². The lowest BCUT2D eigenvalue weighted by Gasteiger charge is -2.30. The van der Waals surface area contributed by atoms with Gasteiger partial charge in [0, 0.05) is 6.04 Å². The molecule has 2 atom stereocenters. The average molecular weight is 367 g/mol. The molecule has 0 saturated heterocycles. The van der Waals surface area contributed by atoms with Gasteiger partial charge in [-0.05, 0) is 43.5 Å². The Labute approximate surface area is 148 Å². The fourth-order valence-corrected chi connectivity index (χ4v) is 3.24. The molecule has 26 heavy (non-hydrogen) atoms. The second-order valence-corrected chi connectivity index (χ2v) is 6.46. The number of aromatic nitrogens is 3. The first-order valence-electron chi connectivity index (χ1n) is 8.49. The van der Waals surface area contributed by atoms with Crippen molar-refractivity contribution in [2.24, 2.45) is 11.7 Å². The Morgan fingerprint density at radius 2 is 2.08 bits per heavy atom. The third-order valence-electron chi connectivity index (χ3n) is 4.69. The van der Waals surface area contributed by atoms with Crippen LogP contribution in [0.2, 0.25) is 0 Å². The third-order valence-corrected chi connectivity index (χ3v) is 4.69. The van der Waals surface area contributed by atoms with E-state index in [0.717, 1.165) is 42.5 Å². The fourth-order valence-electron chi connectivity index (χ4n) is 3.24. The van der Waals surface area contributed by atoms with Gasteiger partial charge in [0.25, 0.3) is 5.91 Å². The molecule has 2 aromatic rings. The summed E-state index contributed by atoms with van der Waals surface area (Å²) in [7, 11) is 0. The Morgan fingerprint density at radius 1 is 1.31 bits per heavy atom. The number of halogens is 3. The minimum absolute atomic E-state index is 0.0139. The minimum atomic E-state index is -4.45. The van der Waals surface area contributed by atoms with Crippen LogP contribution in [0.3, 0.4) is 0 Å². The van der Waals surface area contributed by atoms with E-state index in [2.05, 4.69) is 15.6 Å². The van der Waals surface area contributed by atoms with Crippen molar-refractivity contribution in [3.05, 3.63) is 41.7 Å². The molecule has 1 aliphatic carbocycles. The number of carbonyl (C=O) groups excluding carboxylic acids is 1. The highest BCUT2D eigenvalue weighted by molar-refractivity contribution is 5.92. The van der Waals surface area contributed by atoms with E-state index < -0.39 is 17.6 Å². The van der Waals surface area contributed by atoms with Crippen molar-refractivity contribution in [3.63, 3.8) is 0 Å². The summed E-state index contributed by atoms with van der Waals surface area (Å²) < 4.78 is 39.6. The summed E-state index contributed by atoms with van der Waals surface area (Å²) in [5.41, 5.74) is 5.22. The Bertz CT molecular complexity index is 774. The van der Waals surface area contributed by atoms with Crippen molar-refractivity contribution in [3.8, 4) is 5.69 Å². The molecule has 1 aromatic heterocycles. The monoisotopic (exact) mass is 367 g/mol. The predicted octanol–water partition coefficient (Wildman–Crippen LogP) is 2.53. The van der Waals surface area contributed by atoms with Gasteiger partial charge in [-0.2, -0.15) is 13.2 Å². The Kier molecular flexibility index (Phi) is 5.26. The summed E-state index contributed by atoms with van der Waals surface area (Å²) in [5, 5.41) is 10.5. The maximum atomic E-state index is 12.8. The van der Waals surface area contributed by atoms with Crippen LogP contribution in [-0.2, 0) is 6.18 Å². The van der Waals surface area contributed by atoms with Crippen molar-refractivity contribution in [2.75, 3.05) is 6.54 Å². The van der Waals surface area contributed by atoms with Crippen molar-refractivity contribution in [1.29, 1.82) is 0 Å². The van der Waals surface area contributed by atoms with Gasteiger partial charge in [-0.1, -0.05) is 24.1 Å². The van der Waals surface area contributed by atoms with Crippen molar-refractivity contribution in [2.45, 2.75) is 37.9 Å². The van der Waals surface area contributed by atoms with Crippen LogP contribution < -0.4 is 11.1 Å². The normalized spacial score (nSPS) is 20.8. The number of nitrogens with one attached hydrogen (secondary N) is 1. The number of nitrogens with zero attached hydrogens (tertiary/aromatic N) is 3. The van der Waals surface area contributed by atoms with Crippen LogP contribution in [0.15, 0.2) is 30.5 Å². The number of carbonyl (C=O) groups is 1. The number of benzene rings is 1. The molecule has 1 aliphatic rings. The first-order valence-corrected chi connectivity index (χ1v) is 8.49. The predicted molar refractivity (Wildman–Crippen MR) is 88.6 cm³/mol. The number of amides is 1. The molecule has 0 unspecified atom stereocenters. The Balaban J connectivity index is 1.74. The third kappa shape index (κ3) is 4.04. The standard InChI is InChI=1S/C17H20F3N5O/c18-17(19,20)12-5-3-6-13(8-12)25-10-15(23-24-25)16(26)22-14-7-2-1-4-11(14)9-21/h3,5-6,8,10-11,14H,1-2,4,7,9,21H2,(H,22,26)/t11-,14+/m0/s1. The van der Waals surface area contributed by atoms with E-state index in [1.807, 2.05) is 0 Å². The molecule has 1 amide bonds. The molecule has 3 rings (SSSR count). The SMILES string of the molecule is NC[C@@H]1CCCC[C@H]1NC(=O)c1cn(-c2cccc(C(F)(F)F)c2)nn1. The first kappa shape index (κ1) is 18.4.